The van der Waals surface area contributed by atoms with E-state index < -0.39 is 11.9 Å². The molecule has 0 saturated carbocycles. The van der Waals surface area contributed by atoms with E-state index in [0.29, 0.717) is 0 Å². The summed E-state index contributed by atoms with van der Waals surface area (Å²) in [7, 11) is 1.17. The number of carbonyl (C=O) groups excluding carboxylic acids is 1. The lowest BCUT2D eigenvalue weighted by Crippen LogP contribution is -2.11. The fraction of sp³-hybridized carbons (Fsp3) is 0.125. The van der Waals surface area contributed by atoms with Crippen LogP contribution >= 0.6 is 0 Å². The number of anilines is 1. The average molecular weight is 185 g/mol. The maximum Gasteiger partial charge on any atom is 0.411 e. The molecular formula is C8H8FNO3. The van der Waals surface area contributed by atoms with E-state index in [4.69, 9.17) is 5.11 Å². The van der Waals surface area contributed by atoms with E-state index in [1.807, 2.05) is 0 Å². The topological polar surface area (TPSA) is 58.6 Å². The molecule has 0 aliphatic carbocycles. The summed E-state index contributed by atoms with van der Waals surface area (Å²) in [4.78, 5) is 10.7. The van der Waals surface area contributed by atoms with Crippen molar-refractivity contribution >= 4 is 11.8 Å². The van der Waals surface area contributed by atoms with E-state index in [-0.39, 0.29) is 11.4 Å². The number of rotatable bonds is 1. The van der Waals surface area contributed by atoms with E-state index in [9.17, 15) is 9.18 Å². The van der Waals surface area contributed by atoms with Crippen molar-refractivity contribution in [1.82, 2.24) is 0 Å². The summed E-state index contributed by atoms with van der Waals surface area (Å²) < 4.78 is 17.2. The highest BCUT2D eigenvalue weighted by Gasteiger charge is 2.06. The van der Waals surface area contributed by atoms with Gasteiger partial charge in [-0.05, 0) is 12.1 Å². The number of halogens is 1. The zero-order chi connectivity index (χ0) is 9.84. The quantitative estimate of drug-likeness (QED) is 0.655. The maximum atomic E-state index is 12.9. The number of ether oxygens (including phenoxy) is 1. The summed E-state index contributed by atoms with van der Waals surface area (Å²) in [6, 6.07) is 3.39. The number of carbonyl (C=O) groups is 1. The smallest absolute Gasteiger partial charge is 0.411 e. The Morgan fingerprint density at radius 2 is 2.31 bits per heavy atom. The first kappa shape index (κ1) is 9.31. The molecule has 0 unspecified atom stereocenters. The van der Waals surface area contributed by atoms with Crippen molar-refractivity contribution in [2.24, 2.45) is 0 Å². The fourth-order valence-corrected chi connectivity index (χ4v) is 0.766. The van der Waals surface area contributed by atoms with Crippen molar-refractivity contribution in [2.75, 3.05) is 12.4 Å². The Hall–Kier alpha value is -1.78. The van der Waals surface area contributed by atoms with Crippen molar-refractivity contribution in [3.63, 3.8) is 0 Å². The van der Waals surface area contributed by atoms with Gasteiger partial charge in [0.05, 0.1) is 12.8 Å². The highest BCUT2D eigenvalue weighted by atomic mass is 19.1. The minimum absolute atomic E-state index is 0.0374. The van der Waals surface area contributed by atoms with Crippen LogP contribution in [0.5, 0.6) is 5.75 Å². The summed E-state index contributed by atoms with van der Waals surface area (Å²) in [6.07, 6.45) is -0.760. The number of benzene rings is 1. The predicted molar refractivity (Wildman–Crippen MR) is 44.1 cm³/mol. The Morgan fingerprint density at radius 3 is 2.85 bits per heavy atom. The summed E-state index contributed by atoms with van der Waals surface area (Å²) in [5.74, 6) is -0.918. The van der Waals surface area contributed by atoms with Gasteiger partial charge in [0.2, 0.25) is 0 Å². The molecule has 5 heteroatoms. The molecule has 0 saturated heterocycles. The summed E-state index contributed by atoms with van der Waals surface area (Å²) >= 11 is 0. The van der Waals surface area contributed by atoms with Gasteiger partial charge in [-0.3, -0.25) is 5.32 Å². The number of methoxy groups -OCH3 is 1. The van der Waals surface area contributed by atoms with Gasteiger partial charge in [0.1, 0.15) is 11.6 Å². The molecule has 0 aliphatic heterocycles. The Bertz CT molecular complexity index is 327. The number of hydrogen-bond donors (Lipinski definition) is 2. The number of phenols is 1. The SMILES string of the molecule is COC(=O)Nc1ccc(O)cc1F. The molecule has 4 nitrogen and oxygen atoms in total. The lowest BCUT2D eigenvalue weighted by molar-refractivity contribution is 0.186. The van der Waals surface area contributed by atoms with Crippen LogP contribution in [0.1, 0.15) is 0 Å². The second-order valence-electron chi connectivity index (χ2n) is 2.28. The number of hydrogen-bond acceptors (Lipinski definition) is 3. The first-order valence-electron chi connectivity index (χ1n) is 3.47. The molecule has 0 radical (unpaired) electrons. The molecule has 0 atom stereocenters. The Morgan fingerprint density at radius 1 is 1.62 bits per heavy atom. The molecule has 1 aromatic carbocycles. The number of phenolic OH excluding ortho intramolecular Hbond substituents is 1. The Balaban J connectivity index is 2.83. The van der Waals surface area contributed by atoms with E-state index in [1.165, 1.54) is 19.2 Å². The van der Waals surface area contributed by atoms with Gasteiger partial charge in [0, 0.05) is 6.07 Å². The monoisotopic (exact) mass is 185 g/mol. The summed E-state index contributed by atoms with van der Waals surface area (Å²) in [5.41, 5.74) is -0.0374. The molecule has 1 aromatic rings. The van der Waals surface area contributed by atoms with Crippen molar-refractivity contribution in [2.45, 2.75) is 0 Å². The lowest BCUT2D eigenvalue weighted by Gasteiger charge is -2.04. The van der Waals surface area contributed by atoms with Gasteiger partial charge in [-0.2, -0.15) is 0 Å². The van der Waals surface area contributed by atoms with E-state index in [1.54, 1.807) is 0 Å². The molecular weight excluding hydrogens is 177 g/mol. The third-order valence-corrected chi connectivity index (χ3v) is 1.37. The molecule has 0 heterocycles. The first-order valence-corrected chi connectivity index (χ1v) is 3.47. The van der Waals surface area contributed by atoms with Gasteiger partial charge >= 0.3 is 6.09 Å². The first-order chi connectivity index (χ1) is 6.13. The molecule has 0 spiro atoms. The normalized spacial score (nSPS) is 9.38. The average Bonchev–Trinajstić information content (AvgIpc) is 2.09. The molecule has 2 N–H and O–H groups in total. The van der Waals surface area contributed by atoms with Gasteiger partial charge < -0.3 is 9.84 Å². The van der Waals surface area contributed by atoms with Gasteiger partial charge in [-0.15, -0.1) is 0 Å². The zero-order valence-electron chi connectivity index (χ0n) is 6.87. The van der Waals surface area contributed by atoms with Gasteiger partial charge in [-0.25, -0.2) is 9.18 Å². The minimum atomic E-state index is -0.760. The van der Waals surface area contributed by atoms with Crippen LogP contribution in [0.15, 0.2) is 18.2 Å². The third-order valence-electron chi connectivity index (χ3n) is 1.37. The highest BCUT2D eigenvalue weighted by molar-refractivity contribution is 5.84. The molecule has 1 amide bonds. The molecule has 0 aromatic heterocycles. The van der Waals surface area contributed by atoms with Crippen LogP contribution in [0, 0.1) is 5.82 Å². The van der Waals surface area contributed by atoms with Crippen LogP contribution in [0.3, 0.4) is 0 Å². The molecule has 0 bridgehead atoms. The van der Waals surface area contributed by atoms with Crippen molar-refractivity contribution in [3.05, 3.63) is 24.0 Å². The standard InChI is InChI=1S/C8H8FNO3/c1-13-8(12)10-7-3-2-5(11)4-6(7)9/h2-4,11H,1H3,(H,10,12). The summed E-state index contributed by atoms with van der Waals surface area (Å²) in [6.45, 7) is 0. The molecule has 0 aliphatic rings. The van der Waals surface area contributed by atoms with Crippen LogP contribution < -0.4 is 5.32 Å². The Kier molecular flexibility index (Phi) is 2.69. The molecule has 0 fully saturated rings. The number of amides is 1. The van der Waals surface area contributed by atoms with E-state index >= 15 is 0 Å². The van der Waals surface area contributed by atoms with Gasteiger partial charge in [0.25, 0.3) is 0 Å². The molecule has 13 heavy (non-hydrogen) atoms. The minimum Gasteiger partial charge on any atom is -0.508 e. The molecule has 1 rings (SSSR count). The van der Waals surface area contributed by atoms with Crippen LogP contribution in [0.2, 0.25) is 0 Å². The van der Waals surface area contributed by atoms with E-state index in [2.05, 4.69) is 10.1 Å². The second-order valence-corrected chi connectivity index (χ2v) is 2.28. The van der Waals surface area contributed by atoms with Crippen LogP contribution in [0.4, 0.5) is 14.9 Å². The lowest BCUT2D eigenvalue weighted by atomic mass is 10.3. The molecule has 70 valence electrons. The van der Waals surface area contributed by atoms with E-state index in [0.717, 1.165) is 6.07 Å². The van der Waals surface area contributed by atoms with Crippen molar-refractivity contribution in [3.8, 4) is 5.75 Å². The van der Waals surface area contributed by atoms with Crippen molar-refractivity contribution in [1.29, 1.82) is 0 Å². The Labute approximate surface area is 73.9 Å². The van der Waals surface area contributed by atoms with Crippen molar-refractivity contribution < 1.29 is 19.0 Å². The maximum absolute atomic E-state index is 12.9. The highest BCUT2D eigenvalue weighted by Crippen LogP contribution is 2.19. The largest absolute Gasteiger partial charge is 0.508 e. The second kappa shape index (κ2) is 3.75. The zero-order valence-corrected chi connectivity index (χ0v) is 6.87. The van der Waals surface area contributed by atoms with Crippen LogP contribution in [-0.4, -0.2) is 18.3 Å². The van der Waals surface area contributed by atoms with Gasteiger partial charge in [-0.1, -0.05) is 0 Å². The summed E-state index contributed by atoms with van der Waals surface area (Å²) in [5, 5.41) is 11.0. The fourth-order valence-electron chi connectivity index (χ4n) is 0.766. The number of aromatic hydroxyl groups is 1. The predicted octanol–water partition coefficient (Wildman–Crippen LogP) is 1.71. The van der Waals surface area contributed by atoms with Crippen LogP contribution in [-0.2, 0) is 4.74 Å². The number of nitrogens with one attached hydrogen (secondary N) is 1. The van der Waals surface area contributed by atoms with Crippen LogP contribution in [0.25, 0.3) is 0 Å². The third kappa shape index (κ3) is 2.33. The van der Waals surface area contributed by atoms with Gasteiger partial charge in [0.15, 0.2) is 0 Å².